The van der Waals surface area contributed by atoms with Gasteiger partial charge in [0.2, 0.25) is 0 Å². The lowest BCUT2D eigenvalue weighted by Gasteiger charge is -2.34. The van der Waals surface area contributed by atoms with Gasteiger partial charge in [0.15, 0.2) is 0 Å². The number of aryl methyl sites for hydroxylation is 1. The maximum absolute atomic E-state index is 13.2. The first-order valence-corrected chi connectivity index (χ1v) is 13.1. The molecule has 2 fully saturated rings. The zero-order valence-electron chi connectivity index (χ0n) is 22.8. The maximum Gasteiger partial charge on any atom is 0.309 e. The summed E-state index contributed by atoms with van der Waals surface area (Å²) in [7, 11) is 0. The van der Waals surface area contributed by atoms with Crippen molar-refractivity contribution in [3.8, 4) is 0 Å². The molecule has 0 aromatic carbocycles. The van der Waals surface area contributed by atoms with Crippen LogP contribution in [0, 0.1) is 24.2 Å². The molecule has 1 aromatic heterocycles. The number of pyridine rings is 1. The fourth-order valence-electron chi connectivity index (χ4n) is 5.26. The molecule has 36 heavy (non-hydrogen) atoms. The van der Waals surface area contributed by atoms with E-state index in [1.54, 1.807) is 27.0 Å². The molecule has 2 N–H and O–H groups in total. The lowest BCUT2D eigenvalue weighted by atomic mass is 9.73. The van der Waals surface area contributed by atoms with E-state index in [4.69, 9.17) is 9.47 Å². The predicted octanol–water partition coefficient (Wildman–Crippen LogP) is 4.42. The number of rotatable bonds is 2. The number of epoxide rings is 1. The number of fused-ring (bicyclic) bond motifs is 1. The molecule has 0 amide bonds. The minimum Gasteiger partial charge on any atom is -0.458 e. The Bertz CT molecular complexity index is 988. The normalized spacial score (nSPS) is 36.6. The van der Waals surface area contributed by atoms with Crippen molar-refractivity contribution in [2.75, 3.05) is 0 Å². The largest absolute Gasteiger partial charge is 0.458 e. The molecule has 0 bridgehead atoms. The average molecular weight is 502 g/mol. The predicted molar refractivity (Wildman–Crippen MR) is 138 cm³/mol. The van der Waals surface area contributed by atoms with E-state index >= 15 is 0 Å². The van der Waals surface area contributed by atoms with Crippen LogP contribution in [0.2, 0.25) is 0 Å². The Morgan fingerprint density at radius 1 is 1.19 bits per heavy atom. The number of carbonyl (C=O) groups is 2. The van der Waals surface area contributed by atoms with E-state index in [2.05, 4.69) is 11.9 Å². The molecule has 0 aliphatic carbocycles. The molecule has 2 unspecified atom stereocenters. The number of aliphatic hydroxyl groups is 2. The van der Waals surface area contributed by atoms with E-state index in [9.17, 15) is 19.8 Å². The van der Waals surface area contributed by atoms with Crippen LogP contribution in [-0.2, 0) is 19.1 Å². The first kappa shape index (κ1) is 28.5. The molecule has 2 aliphatic rings. The van der Waals surface area contributed by atoms with Crippen LogP contribution in [-0.4, -0.2) is 57.0 Å². The van der Waals surface area contributed by atoms with Gasteiger partial charge in [-0.3, -0.25) is 14.6 Å². The average Bonchev–Trinajstić information content (AvgIpc) is 3.44. The van der Waals surface area contributed by atoms with Crippen molar-refractivity contribution in [2.24, 2.45) is 17.3 Å². The molecule has 7 nitrogen and oxygen atoms in total. The summed E-state index contributed by atoms with van der Waals surface area (Å²) in [4.78, 5) is 30.6. The van der Waals surface area contributed by atoms with Gasteiger partial charge in [-0.05, 0) is 68.9 Å². The molecule has 3 rings (SSSR count). The number of carbonyl (C=O) groups excluding carboxylic acids is 2. The number of hydrogen-bond acceptors (Lipinski definition) is 7. The highest BCUT2D eigenvalue weighted by Gasteiger charge is 2.53. The van der Waals surface area contributed by atoms with Gasteiger partial charge in [-0.2, -0.15) is 0 Å². The SMILES string of the molecule is C/C(=C\c1cc(C)ccn1)[C@@H]1C[C@@H]2O[C@]2(C)CCCC(C)C(O)[C@@H](C)C(=O)C(C)(C)[C@@H](O)CC(=O)O1. The number of ether oxygens (including phenoxy) is 2. The fourth-order valence-corrected chi connectivity index (χ4v) is 5.26. The van der Waals surface area contributed by atoms with Gasteiger partial charge in [-0.25, -0.2) is 0 Å². The van der Waals surface area contributed by atoms with Gasteiger partial charge < -0.3 is 19.7 Å². The zero-order chi connectivity index (χ0) is 26.8. The van der Waals surface area contributed by atoms with Gasteiger partial charge in [0, 0.05) is 18.5 Å². The monoisotopic (exact) mass is 501 g/mol. The van der Waals surface area contributed by atoms with Crippen LogP contribution in [0.3, 0.4) is 0 Å². The molecule has 7 atom stereocenters. The van der Waals surface area contributed by atoms with Gasteiger partial charge in [0.1, 0.15) is 11.9 Å². The zero-order valence-corrected chi connectivity index (χ0v) is 22.8. The highest BCUT2D eigenvalue weighted by molar-refractivity contribution is 5.88. The van der Waals surface area contributed by atoms with Gasteiger partial charge >= 0.3 is 5.97 Å². The minimum atomic E-state index is -1.24. The van der Waals surface area contributed by atoms with Crippen LogP contribution in [0.15, 0.2) is 23.9 Å². The number of esters is 1. The summed E-state index contributed by atoms with van der Waals surface area (Å²) in [6.07, 6.45) is 3.65. The Hall–Kier alpha value is -2.09. The number of cyclic esters (lactones) is 1. The van der Waals surface area contributed by atoms with Crippen molar-refractivity contribution in [1.29, 1.82) is 0 Å². The molecule has 0 saturated carbocycles. The van der Waals surface area contributed by atoms with Crippen molar-refractivity contribution in [3.63, 3.8) is 0 Å². The number of aromatic nitrogens is 1. The molecule has 0 spiro atoms. The van der Waals surface area contributed by atoms with Gasteiger partial charge in [0.25, 0.3) is 0 Å². The number of ketones is 1. The second-order valence-electron chi connectivity index (χ2n) is 11.7. The van der Waals surface area contributed by atoms with Crippen LogP contribution in [0.1, 0.15) is 84.9 Å². The molecular formula is C29H43NO6. The van der Waals surface area contributed by atoms with Crippen molar-refractivity contribution in [3.05, 3.63) is 35.2 Å². The van der Waals surface area contributed by atoms with E-state index in [0.29, 0.717) is 6.42 Å². The van der Waals surface area contributed by atoms with Crippen molar-refractivity contribution >= 4 is 17.8 Å². The van der Waals surface area contributed by atoms with Gasteiger partial charge in [-0.15, -0.1) is 0 Å². The van der Waals surface area contributed by atoms with E-state index in [0.717, 1.165) is 36.1 Å². The molecule has 7 heteroatoms. The highest BCUT2D eigenvalue weighted by atomic mass is 16.6. The Kier molecular flexibility index (Phi) is 8.79. The first-order valence-electron chi connectivity index (χ1n) is 13.1. The third-order valence-corrected chi connectivity index (χ3v) is 8.23. The molecule has 200 valence electrons. The number of hydrogen-bond donors (Lipinski definition) is 2. The first-order chi connectivity index (χ1) is 16.7. The Balaban J connectivity index is 1.87. The third-order valence-electron chi connectivity index (χ3n) is 8.23. The summed E-state index contributed by atoms with van der Waals surface area (Å²) >= 11 is 0. The van der Waals surface area contributed by atoms with Crippen LogP contribution in [0.25, 0.3) is 6.08 Å². The molecule has 1 aromatic rings. The van der Waals surface area contributed by atoms with Gasteiger partial charge in [0.05, 0.1) is 41.4 Å². The van der Waals surface area contributed by atoms with E-state index in [1.807, 2.05) is 39.0 Å². The quantitative estimate of drug-likeness (QED) is 0.456. The lowest BCUT2D eigenvalue weighted by Crippen LogP contribution is -2.45. The standard InChI is InChI=1S/C29H43NO6/c1-17-10-12-30-21(13-17)14-19(3)22-15-24-29(7,36-24)11-8-9-18(2)26(33)20(4)27(34)28(5,6)23(31)16-25(32)35-22/h10,12-14,18,20,22-24,26,31,33H,8-9,11,15-16H2,1-7H3/b19-14+/t18?,20-,22+,23+,24+,26?,29-/m1/s1. The van der Waals surface area contributed by atoms with Crippen LogP contribution in [0.4, 0.5) is 0 Å². The summed E-state index contributed by atoms with van der Waals surface area (Å²) in [5.41, 5.74) is 1.19. The summed E-state index contributed by atoms with van der Waals surface area (Å²) in [5, 5.41) is 21.7. The number of aliphatic hydroxyl groups excluding tert-OH is 2. The Labute approximate surface area is 215 Å². The topological polar surface area (TPSA) is 109 Å². The molecule has 2 saturated heterocycles. The third kappa shape index (κ3) is 6.61. The van der Waals surface area contributed by atoms with E-state index in [1.165, 1.54) is 0 Å². The maximum atomic E-state index is 13.2. The fraction of sp³-hybridized carbons (Fsp3) is 0.690. The van der Waals surface area contributed by atoms with Crippen LogP contribution >= 0.6 is 0 Å². The number of nitrogens with zero attached hydrogens (tertiary/aromatic N) is 1. The second-order valence-corrected chi connectivity index (χ2v) is 11.7. The smallest absolute Gasteiger partial charge is 0.309 e. The molecule has 0 radical (unpaired) electrons. The van der Waals surface area contributed by atoms with Crippen LogP contribution in [0.5, 0.6) is 0 Å². The second kappa shape index (κ2) is 11.1. The Morgan fingerprint density at radius 3 is 2.56 bits per heavy atom. The van der Waals surface area contributed by atoms with Crippen molar-refractivity contribution < 1.29 is 29.3 Å². The highest BCUT2D eigenvalue weighted by Crippen LogP contribution is 2.45. The van der Waals surface area contributed by atoms with E-state index in [-0.39, 0.29) is 29.8 Å². The summed E-state index contributed by atoms with van der Waals surface area (Å²) in [6, 6.07) is 3.89. The molecular weight excluding hydrogens is 458 g/mol. The summed E-state index contributed by atoms with van der Waals surface area (Å²) in [6.45, 7) is 12.9. The van der Waals surface area contributed by atoms with Crippen molar-refractivity contribution in [1.82, 2.24) is 4.98 Å². The van der Waals surface area contributed by atoms with Crippen LogP contribution < -0.4 is 0 Å². The van der Waals surface area contributed by atoms with E-state index < -0.39 is 35.6 Å². The summed E-state index contributed by atoms with van der Waals surface area (Å²) in [5.74, 6) is -1.57. The summed E-state index contributed by atoms with van der Waals surface area (Å²) < 4.78 is 12.0. The number of Topliss-reactive ketones (excluding diaryl/α,β-unsaturated/α-hetero) is 1. The molecule has 3 heterocycles. The van der Waals surface area contributed by atoms with Crippen molar-refractivity contribution in [2.45, 2.75) is 111 Å². The lowest BCUT2D eigenvalue weighted by molar-refractivity contribution is -0.154. The Morgan fingerprint density at radius 2 is 1.89 bits per heavy atom. The minimum absolute atomic E-state index is 0.0564. The van der Waals surface area contributed by atoms with Gasteiger partial charge in [-0.1, -0.05) is 34.1 Å². The molecule has 2 aliphatic heterocycles.